The van der Waals surface area contributed by atoms with Gasteiger partial charge in [-0.05, 0) is 63.1 Å². The van der Waals surface area contributed by atoms with Crippen molar-refractivity contribution in [1.82, 2.24) is 9.88 Å². The molecule has 0 radical (unpaired) electrons. The number of carboxylic acid groups (broad SMARTS) is 1. The highest BCUT2D eigenvalue weighted by molar-refractivity contribution is 5.70. The first kappa shape index (κ1) is 26.9. The predicted octanol–water partition coefficient (Wildman–Crippen LogP) is 5.85. The summed E-state index contributed by atoms with van der Waals surface area (Å²) in [5, 5.41) is 17.7. The van der Waals surface area contributed by atoms with E-state index in [9.17, 15) is 9.90 Å². The number of aliphatic hydroxyl groups is 1. The minimum Gasteiger partial charge on any atom is -0.465 e. The number of nitrogens with zero attached hydrogens (tertiary/aromatic N) is 2. The Morgan fingerprint density at radius 3 is 2.27 bits per heavy atom. The van der Waals surface area contributed by atoms with Crippen LogP contribution in [-0.2, 0) is 4.74 Å². The third kappa shape index (κ3) is 7.44. The Labute approximate surface area is 218 Å². The van der Waals surface area contributed by atoms with Crippen LogP contribution < -0.4 is 5.73 Å². The van der Waals surface area contributed by atoms with Gasteiger partial charge in [-0.2, -0.15) is 0 Å². The van der Waals surface area contributed by atoms with E-state index in [1.54, 1.807) is 13.8 Å². The number of pyridine rings is 1. The number of rotatable bonds is 8. The Morgan fingerprint density at radius 2 is 1.78 bits per heavy atom. The maximum atomic E-state index is 13.1. The lowest BCUT2D eigenvalue weighted by atomic mass is 9.81. The van der Waals surface area contributed by atoms with E-state index in [1.165, 1.54) is 31.4 Å². The normalized spacial score (nSPS) is 22.5. The molecule has 37 heavy (non-hydrogen) atoms. The molecule has 2 atom stereocenters. The zero-order valence-electron chi connectivity index (χ0n) is 22.0. The van der Waals surface area contributed by atoms with Gasteiger partial charge in [-0.1, -0.05) is 43.2 Å². The molecule has 1 saturated heterocycles. The van der Waals surface area contributed by atoms with E-state index in [1.807, 2.05) is 11.1 Å². The molecule has 0 bridgehead atoms. The summed E-state index contributed by atoms with van der Waals surface area (Å²) in [6.07, 6.45) is 7.43. The first-order valence-corrected chi connectivity index (χ1v) is 13.2. The Balaban J connectivity index is 0.000000747. The number of ether oxygens (including phenoxy) is 1. The van der Waals surface area contributed by atoms with E-state index in [2.05, 4.69) is 54.0 Å². The van der Waals surface area contributed by atoms with Crippen LogP contribution in [0.1, 0.15) is 88.9 Å². The van der Waals surface area contributed by atoms with Crippen LogP contribution in [0.25, 0.3) is 11.1 Å². The number of primary amides is 1. The van der Waals surface area contributed by atoms with Crippen LogP contribution in [0.4, 0.5) is 9.59 Å². The quantitative estimate of drug-likeness (QED) is 0.410. The molecule has 0 spiro atoms. The van der Waals surface area contributed by atoms with Gasteiger partial charge in [0.1, 0.15) is 5.60 Å². The molecule has 1 aromatic heterocycles. The van der Waals surface area contributed by atoms with Crippen LogP contribution >= 0.6 is 0 Å². The van der Waals surface area contributed by atoms with Crippen LogP contribution in [-0.4, -0.2) is 50.0 Å². The standard InChI is InChI=1S/C28H36N2O3.CH3NO2/c1-19(21-6-8-22(9-7-21)24-12-13-25(29-17-24)23-10-11-23)30-15-14-28(33-26(30)31,16-20-4-5-20)18-27(2,3)32;2-1(3)4/h6-9,12-13,17,19-20,23,32H,4-5,10-11,14-16,18H2,1-3H3;2H2,(H,3,4)/t19-,28+;/m0./s1. The Bertz CT molecular complexity index is 1080. The van der Waals surface area contributed by atoms with Crippen LogP contribution in [0.5, 0.6) is 0 Å². The van der Waals surface area contributed by atoms with Crippen molar-refractivity contribution in [3.8, 4) is 11.1 Å². The molecule has 3 fully saturated rings. The molecule has 200 valence electrons. The fourth-order valence-corrected chi connectivity index (χ4v) is 5.37. The molecule has 4 N–H and O–H groups in total. The van der Waals surface area contributed by atoms with Crippen molar-refractivity contribution in [2.75, 3.05) is 6.54 Å². The summed E-state index contributed by atoms with van der Waals surface area (Å²) in [6, 6.07) is 12.7. The maximum Gasteiger partial charge on any atom is 0.410 e. The van der Waals surface area contributed by atoms with Gasteiger partial charge in [0, 0.05) is 42.8 Å². The second-order valence-corrected chi connectivity index (χ2v) is 11.5. The van der Waals surface area contributed by atoms with Crippen molar-refractivity contribution in [3.63, 3.8) is 0 Å². The molecule has 8 nitrogen and oxygen atoms in total. The number of carbonyl (C=O) groups excluding carboxylic acids is 1. The van der Waals surface area contributed by atoms with Crippen molar-refractivity contribution in [2.45, 2.75) is 88.9 Å². The topological polar surface area (TPSA) is 126 Å². The lowest BCUT2D eigenvalue weighted by Crippen LogP contribution is -2.53. The summed E-state index contributed by atoms with van der Waals surface area (Å²) in [7, 11) is 0. The van der Waals surface area contributed by atoms with E-state index >= 15 is 0 Å². The SMILES string of the molecule is C[C@@H](c1ccc(-c2ccc(C3CC3)nc2)cc1)N1CC[C@@](CC2CC2)(CC(C)(C)O)OC1=O.NC(=O)O. The number of carbonyl (C=O) groups is 2. The first-order valence-electron chi connectivity index (χ1n) is 13.2. The molecule has 2 aromatic rings. The number of cyclic esters (lactones) is 1. The summed E-state index contributed by atoms with van der Waals surface area (Å²) in [6.45, 7) is 6.32. The highest BCUT2D eigenvalue weighted by Crippen LogP contribution is 2.45. The fraction of sp³-hybridized carbons (Fsp3) is 0.552. The summed E-state index contributed by atoms with van der Waals surface area (Å²) >= 11 is 0. The van der Waals surface area contributed by atoms with E-state index in [0.717, 1.165) is 29.5 Å². The molecule has 2 heterocycles. The van der Waals surface area contributed by atoms with Crippen molar-refractivity contribution < 1.29 is 24.5 Å². The molecular weight excluding hydrogens is 470 g/mol. The minimum absolute atomic E-state index is 0.0667. The average Bonchev–Trinajstić information content (AvgIpc) is 3.73. The number of benzene rings is 1. The van der Waals surface area contributed by atoms with Gasteiger partial charge < -0.3 is 25.6 Å². The molecule has 0 unspecified atom stereocenters. The molecule has 2 aliphatic carbocycles. The second-order valence-electron chi connectivity index (χ2n) is 11.5. The van der Waals surface area contributed by atoms with Crippen molar-refractivity contribution in [2.24, 2.45) is 11.7 Å². The molecular formula is C29H39N3O5. The fourth-order valence-electron chi connectivity index (χ4n) is 5.37. The van der Waals surface area contributed by atoms with Gasteiger partial charge >= 0.3 is 12.2 Å². The molecule has 8 heteroatoms. The molecule has 3 aliphatic rings. The van der Waals surface area contributed by atoms with Crippen LogP contribution in [0.2, 0.25) is 0 Å². The molecule has 5 rings (SSSR count). The lowest BCUT2D eigenvalue weighted by Gasteiger charge is -2.45. The van der Waals surface area contributed by atoms with Gasteiger partial charge in [-0.3, -0.25) is 4.98 Å². The van der Waals surface area contributed by atoms with Gasteiger partial charge in [0.15, 0.2) is 0 Å². The van der Waals surface area contributed by atoms with Crippen LogP contribution in [0.3, 0.4) is 0 Å². The van der Waals surface area contributed by atoms with Crippen LogP contribution in [0.15, 0.2) is 42.6 Å². The number of hydrogen-bond donors (Lipinski definition) is 3. The Morgan fingerprint density at radius 1 is 1.16 bits per heavy atom. The van der Waals surface area contributed by atoms with E-state index in [-0.39, 0.29) is 12.1 Å². The second kappa shape index (κ2) is 10.7. The zero-order valence-corrected chi connectivity index (χ0v) is 22.0. The summed E-state index contributed by atoms with van der Waals surface area (Å²) < 4.78 is 6.10. The van der Waals surface area contributed by atoms with Crippen molar-refractivity contribution >= 4 is 12.2 Å². The minimum atomic E-state index is -1.33. The maximum absolute atomic E-state index is 13.1. The monoisotopic (exact) mass is 509 g/mol. The molecule has 1 aliphatic heterocycles. The van der Waals surface area contributed by atoms with Gasteiger partial charge in [0.2, 0.25) is 0 Å². The lowest BCUT2D eigenvalue weighted by molar-refractivity contribution is -0.102. The highest BCUT2D eigenvalue weighted by atomic mass is 16.6. The van der Waals surface area contributed by atoms with E-state index in [4.69, 9.17) is 14.6 Å². The number of amides is 2. The number of nitrogens with two attached hydrogens (primary N) is 1. The molecule has 2 saturated carbocycles. The Hall–Kier alpha value is -3.13. The zero-order chi connectivity index (χ0) is 26.8. The van der Waals surface area contributed by atoms with Gasteiger partial charge in [-0.15, -0.1) is 0 Å². The van der Waals surface area contributed by atoms with E-state index in [0.29, 0.717) is 24.8 Å². The summed E-state index contributed by atoms with van der Waals surface area (Å²) in [5.41, 5.74) is 7.18. The number of aromatic nitrogens is 1. The smallest absolute Gasteiger partial charge is 0.410 e. The largest absolute Gasteiger partial charge is 0.465 e. The third-order valence-electron chi connectivity index (χ3n) is 7.43. The first-order chi connectivity index (χ1) is 17.4. The number of hydrogen-bond acceptors (Lipinski definition) is 5. The highest BCUT2D eigenvalue weighted by Gasteiger charge is 2.47. The molecule has 2 amide bonds. The Kier molecular flexibility index (Phi) is 7.78. The average molecular weight is 510 g/mol. The van der Waals surface area contributed by atoms with Gasteiger partial charge in [0.05, 0.1) is 11.6 Å². The van der Waals surface area contributed by atoms with E-state index < -0.39 is 17.3 Å². The summed E-state index contributed by atoms with van der Waals surface area (Å²) in [5.74, 6) is 1.29. The molecule has 1 aromatic carbocycles. The van der Waals surface area contributed by atoms with Crippen LogP contribution in [0, 0.1) is 5.92 Å². The van der Waals surface area contributed by atoms with Gasteiger partial charge in [0.25, 0.3) is 0 Å². The van der Waals surface area contributed by atoms with Crippen molar-refractivity contribution in [3.05, 3.63) is 53.9 Å². The van der Waals surface area contributed by atoms with Gasteiger partial charge in [-0.25, -0.2) is 9.59 Å². The third-order valence-corrected chi connectivity index (χ3v) is 7.43. The summed E-state index contributed by atoms with van der Waals surface area (Å²) in [4.78, 5) is 28.3. The van der Waals surface area contributed by atoms with Crippen molar-refractivity contribution in [1.29, 1.82) is 0 Å². The predicted molar refractivity (Wildman–Crippen MR) is 141 cm³/mol.